The van der Waals surface area contributed by atoms with Crippen LogP contribution in [0.3, 0.4) is 0 Å². The molecule has 1 N–H and O–H groups in total. The average Bonchev–Trinajstić information content (AvgIpc) is 3.08. The van der Waals surface area contributed by atoms with Gasteiger partial charge in [-0.05, 0) is 29.2 Å². The highest BCUT2D eigenvalue weighted by molar-refractivity contribution is 5.91. The molecule has 1 aliphatic heterocycles. The third kappa shape index (κ3) is 4.80. The van der Waals surface area contributed by atoms with Gasteiger partial charge in [0.1, 0.15) is 0 Å². The van der Waals surface area contributed by atoms with Crippen LogP contribution >= 0.6 is 0 Å². The molecule has 0 unspecified atom stereocenters. The van der Waals surface area contributed by atoms with Crippen molar-refractivity contribution in [2.45, 2.75) is 25.9 Å². The van der Waals surface area contributed by atoms with Gasteiger partial charge in [0, 0.05) is 32.1 Å². The first-order valence-corrected chi connectivity index (χ1v) is 8.58. The van der Waals surface area contributed by atoms with Gasteiger partial charge in [-0.1, -0.05) is 54.6 Å². The average molecular weight is 334 g/mol. The number of hydrogen-bond acceptors (Lipinski definition) is 2. The molecule has 3 rings (SSSR count). The molecule has 25 heavy (non-hydrogen) atoms. The molecule has 0 radical (unpaired) electrons. The number of carbonyl (C=O) groups is 2. The predicted octanol–water partition coefficient (Wildman–Crippen LogP) is 3.14. The Kier molecular flexibility index (Phi) is 5.62. The van der Waals surface area contributed by atoms with E-state index in [1.54, 1.807) is 6.08 Å². The lowest BCUT2D eigenvalue weighted by Gasteiger charge is -2.15. The first-order chi connectivity index (χ1) is 12.2. The summed E-state index contributed by atoms with van der Waals surface area (Å²) in [5.74, 6) is 0.00940. The minimum absolute atomic E-state index is 0.134. The standard InChI is InChI=1S/C21H22N2O2/c24-20(13-12-17-7-2-1-3-8-17)22-14-6-11-21(25)23-15-18-9-4-5-10-19(18)16-23/h1-5,7-10,12-13H,6,11,14-16H2,(H,22,24). The van der Waals surface area contributed by atoms with Gasteiger partial charge in [0.2, 0.25) is 11.8 Å². The van der Waals surface area contributed by atoms with Gasteiger partial charge in [-0.25, -0.2) is 0 Å². The van der Waals surface area contributed by atoms with E-state index in [0.717, 1.165) is 5.56 Å². The third-order valence-electron chi connectivity index (χ3n) is 4.29. The number of nitrogens with zero attached hydrogens (tertiary/aromatic N) is 1. The SMILES string of the molecule is O=C(C=Cc1ccccc1)NCCCC(=O)N1Cc2ccccc2C1. The number of amides is 2. The summed E-state index contributed by atoms with van der Waals surface area (Å²) in [5.41, 5.74) is 3.45. The van der Waals surface area contributed by atoms with Crippen molar-refractivity contribution in [2.24, 2.45) is 0 Å². The lowest BCUT2D eigenvalue weighted by Crippen LogP contribution is -2.27. The summed E-state index contributed by atoms with van der Waals surface area (Å²) in [6.45, 7) is 1.90. The summed E-state index contributed by atoms with van der Waals surface area (Å²) >= 11 is 0. The van der Waals surface area contributed by atoms with Crippen molar-refractivity contribution in [3.63, 3.8) is 0 Å². The van der Waals surface area contributed by atoms with Gasteiger partial charge < -0.3 is 10.2 Å². The fourth-order valence-electron chi connectivity index (χ4n) is 2.91. The van der Waals surface area contributed by atoms with Crippen LogP contribution in [-0.4, -0.2) is 23.3 Å². The largest absolute Gasteiger partial charge is 0.353 e. The zero-order valence-corrected chi connectivity index (χ0v) is 14.2. The Bertz CT molecular complexity index is 743. The lowest BCUT2D eigenvalue weighted by molar-refractivity contribution is -0.132. The van der Waals surface area contributed by atoms with Gasteiger partial charge in [0.05, 0.1) is 0 Å². The molecule has 0 aliphatic carbocycles. The molecule has 0 saturated carbocycles. The molecule has 1 aliphatic rings. The fourth-order valence-corrected chi connectivity index (χ4v) is 2.91. The molecule has 1 heterocycles. The molecule has 0 spiro atoms. The molecule has 4 heteroatoms. The summed E-state index contributed by atoms with van der Waals surface area (Å²) in [6, 6.07) is 17.8. The lowest BCUT2D eigenvalue weighted by atomic mass is 10.1. The molecule has 2 amide bonds. The van der Waals surface area contributed by atoms with E-state index in [1.807, 2.05) is 47.4 Å². The van der Waals surface area contributed by atoms with E-state index in [1.165, 1.54) is 17.2 Å². The zero-order valence-electron chi connectivity index (χ0n) is 14.2. The molecule has 0 fully saturated rings. The van der Waals surface area contributed by atoms with Crippen LogP contribution in [0.4, 0.5) is 0 Å². The maximum atomic E-state index is 12.3. The molecule has 0 aromatic heterocycles. The molecule has 0 saturated heterocycles. The van der Waals surface area contributed by atoms with Gasteiger partial charge in [-0.2, -0.15) is 0 Å². The number of rotatable bonds is 6. The van der Waals surface area contributed by atoms with Crippen molar-refractivity contribution in [1.29, 1.82) is 0 Å². The van der Waals surface area contributed by atoms with E-state index >= 15 is 0 Å². The first-order valence-electron chi connectivity index (χ1n) is 8.58. The number of benzene rings is 2. The highest BCUT2D eigenvalue weighted by atomic mass is 16.2. The fraction of sp³-hybridized carbons (Fsp3) is 0.238. The van der Waals surface area contributed by atoms with Crippen molar-refractivity contribution in [2.75, 3.05) is 6.54 Å². The van der Waals surface area contributed by atoms with Crippen molar-refractivity contribution in [3.05, 3.63) is 77.4 Å². The second-order valence-electron chi connectivity index (χ2n) is 6.16. The number of nitrogens with one attached hydrogen (secondary N) is 1. The Morgan fingerprint density at radius 2 is 1.60 bits per heavy atom. The van der Waals surface area contributed by atoms with Crippen molar-refractivity contribution in [1.82, 2.24) is 10.2 Å². The molecule has 2 aromatic rings. The van der Waals surface area contributed by atoms with Crippen LogP contribution in [0, 0.1) is 0 Å². The number of carbonyl (C=O) groups excluding carboxylic acids is 2. The molecule has 2 aromatic carbocycles. The topological polar surface area (TPSA) is 49.4 Å². The molecule has 0 atom stereocenters. The van der Waals surface area contributed by atoms with Gasteiger partial charge >= 0.3 is 0 Å². The number of hydrogen-bond donors (Lipinski definition) is 1. The summed E-state index contributed by atoms with van der Waals surface area (Å²) in [6.07, 6.45) is 4.41. The third-order valence-corrected chi connectivity index (χ3v) is 4.29. The first kappa shape index (κ1) is 17.0. The normalized spacial score (nSPS) is 13.0. The van der Waals surface area contributed by atoms with E-state index in [0.29, 0.717) is 32.5 Å². The van der Waals surface area contributed by atoms with Crippen LogP contribution in [0.2, 0.25) is 0 Å². The minimum Gasteiger partial charge on any atom is -0.353 e. The number of fused-ring (bicyclic) bond motifs is 1. The van der Waals surface area contributed by atoms with Gasteiger partial charge in [-0.3, -0.25) is 9.59 Å². The Morgan fingerprint density at radius 3 is 2.28 bits per heavy atom. The van der Waals surface area contributed by atoms with Crippen LogP contribution in [0.1, 0.15) is 29.5 Å². The second kappa shape index (κ2) is 8.29. The maximum Gasteiger partial charge on any atom is 0.243 e. The maximum absolute atomic E-state index is 12.3. The van der Waals surface area contributed by atoms with Crippen LogP contribution in [0.15, 0.2) is 60.7 Å². The minimum atomic E-state index is -0.134. The molecule has 4 nitrogen and oxygen atoms in total. The molecular formula is C21H22N2O2. The Morgan fingerprint density at radius 1 is 0.960 bits per heavy atom. The van der Waals surface area contributed by atoms with Gasteiger partial charge in [-0.15, -0.1) is 0 Å². The van der Waals surface area contributed by atoms with Gasteiger partial charge in [0.25, 0.3) is 0 Å². The smallest absolute Gasteiger partial charge is 0.243 e. The van der Waals surface area contributed by atoms with E-state index in [4.69, 9.17) is 0 Å². The predicted molar refractivity (Wildman–Crippen MR) is 98.4 cm³/mol. The Balaban J connectivity index is 1.35. The van der Waals surface area contributed by atoms with Crippen LogP contribution in [0.25, 0.3) is 6.08 Å². The molecule has 128 valence electrons. The van der Waals surface area contributed by atoms with Crippen molar-refractivity contribution >= 4 is 17.9 Å². The van der Waals surface area contributed by atoms with E-state index in [9.17, 15) is 9.59 Å². The summed E-state index contributed by atoms with van der Waals surface area (Å²) in [5, 5.41) is 2.82. The summed E-state index contributed by atoms with van der Waals surface area (Å²) in [4.78, 5) is 25.9. The summed E-state index contributed by atoms with van der Waals surface area (Å²) in [7, 11) is 0. The highest BCUT2D eigenvalue weighted by Crippen LogP contribution is 2.22. The van der Waals surface area contributed by atoms with E-state index in [-0.39, 0.29) is 11.8 Å². The summed E-state index contributed by atoms with van der Waals surface area (Å²) < 4.78 is 0. The van der Waals surface area contributed by atoms with Crippen LogP contribution < -0.4 is 5.32 Å². The van der Waals surface area contributed by atoms with Crippen LogP contribution in [0.5, 0.6) is 0 Å². The quantitative estimate of drug-likeness (QED) is 0.652. The monoisotopic (exact) mass is 334 g/mol. The van der Waals surface area contributed by atoms with Gasteiger partial charge in [0.15, 0.2) is 0 Å². The molecular weight excluding hydrogens is 312 g/mol. The molecule has 0 bridgehead atoms. The van der Waals surface area contributed by atoms with Crippen LogP contribution in [-0.2, 0) is 22.7 Å². The van der Waals surface area contributed by atoms with Crippen molar-refractivity contribution < 1.29 is 9.59 Å². The zero-order chi connectivity index (χ0) is 17.5. The second-order valence-corrected chi connectivity index (χ2v) is 6.16. The Labute approximate surface area is 148 Å². The Hall–Kier alpha value is -2.88. The van der Waals surface area contributed by atoms with E-state index in [2.05, 4.69) is 17.4 Å². The van der Waals surface area contributed by atoms with E-state index < -0.39 is 0 Å². The highest BCUT2D eigenvalue weighted by Gasteiger charge is 2.22. The van der Waals surface area contributed by atoms with Crippen molar-refractivity contribution in [3.8, 4) is 0 Å².